The lowest BCUT2D eigenvalue weighted by Gasteiger charge is -2.33. The van der Waals surface area contributed by atoms with Gasteiger partial charge in [-0.15, -0.1) is 11.8 Å². The number of hydrogen-bond donors (Lipinski definition) is 0. The minimum atomic E-state index is 0.202. The van der Waals surface area contributed by atoms with Crippen LogP contribution in [0.2, 0.25) is 0 Å². The van der Waals surface area contributed by atoms with Crippen molar-refractivity contribution in [2.45, 2.75) is 30.3 Å². The van der Waals surface area contributed by atoms with Crippen molar-refractivity contribution >= 4 is 23.4 Å². The number of benzene rings is 1. The molecule has 1 fully saturated rings. The Morgan fingerprint density at radius 1 is 1.33 bits per heavy atom. The third kappa shape index (κ3) is 2.40. The maximum Gasteiger partial charge on any atom is 0.237 e. The molecule has 1 saturated heterocycles. The van der Waals surface area contributed by atoms with Crippen LogP contribution in [-0.2, 0) is 9.53 Å². The highest BCUT2D eigenvalue weighted by atomic mass is 32.2. The number of para-hydroxylation sites is 1. The first-order valence-electron chi connectivity index (χ1n) is 6.48. The number of anilines is 1. The lowest BCUT2D eigenvalue weighted by Crippen LogP contribution is -2.42. The van der Waals surface area contributed by atoms with Gasteiger partial charge < -0.3 is 9.64 Å². The fourth-order valence-electron chi connectivity index (χ4n) is 2.51. The van der Waals surface area contributed by atoms with Gasteiger partial charge in [-0.05, 0) is 31.4 Å². The lowest BCUT2D eigenvalue weighted by molar-refractivity contribution is -0.116. The van der Waals surface area contributed by atoms with Gasteiger partial charge in [-0.25, -0.2) is 0 Å². The van der Waals surface area contributed by atoms with Gasteiger partial charge in [0.25, 0.3) is 0 Å². The number of rotatable bonds is 2. The van der Waals surface area contributed by atoms with E-state index in [1.807, 2.05) is 23.1 Å². The van der Waals surface area contributed by atoms with Gasteiger partial charge in [-0.1, -0.05) is 12.1 Å². The van der Waals surface area contributed by atoms with Crippen LogP contribution in [0.5, 0.6) is 0 Å². The molecule has 96 valence electrons. The molecule has 1 aromatic carbocycles. The topological polar surface area (TPSA) is 29.5 Å². The van der Waals surface area contributed by atoms with Crippen LogP contribution in [0.3, 0.4) is 0 Å². The van der Waals surface area contributed by atoms with E-state index in [0.717, 1.165) is 25.1 Å². The molecule has 1 unspecified atom stereocenters. The third-order valence-corrected chi connectivity index (χ3v) is 4.52. The maximum atomic E-state index is 12.1. The molecular formula is C14H17NO2S. The third-order valence-electron chi connectivity index (χ3n) is 3.47. The zero-order valence-corrected chi connectivity index (χ0v) is 11.1. The molecule has 18 heavy (non-hydrogen) atoms. The molecule has 1 atom stereocenters. The lowest BCUT2D eigenvalue weighted by atomic mass is 10.1. The standard InChI is InChI=1S/C14H17NO2S/c16-14-10-18-13-7-2-1-6-12(13)15(14)9-11-5-3-4-8-17-11/h1-2,6-7,11H,3-5,8-10H2. The Kier molecular flexibility index (Phi) is 3.57. The van der Waals surface area contributed by atoms with E-state index in [9.17, 15) is 4.79 Å². The average Bonchev–Trinajstić information content (AvgIpc) is 2.43. The van der Waals surface area contributed by atoms with Gasteiger partial charge in [-0.3, -0.25) is 4.79 Å². The number of fused-ring (bicyclic) bond motifs is 1. The molecule has 0 radical (unpaired) electrons. The fourth-order valence-corrected chi connectivity index (χ4v) is 3.44. The number of ether oxygens (including phenoxy) is 1. The number of thioether (sulfide) groups is 1. The summed E-state index contributed by atoms with van der Waals surface area (Å²) in [5.41, 5.74) is 1.05. The largest absolute Gasteiger partial charge is 0.376 e. The van der Waals surface area contributed by atoms with E-state index in [-0.39, 0.29) is 12.0 Å². The van der Waals surface area contributed by atoms with E-state index in [1.165, 1.54) is 11.3 Å². The van der Waals surface area contributed by atoms with Crippen molar-refractivity contribution in [1.82, 2.24) is 0 Å². The van der Waals surface area contributed by atoms with Crippen molar-refractivity contribution in [3.05, 3.63) is 24.3 Å². The SMILES string of the molecule is O=C1CSc2ccccc2N1CC1CCCCO1. The van der Waals surface area contributed by atoms with Crippen LogP contribution in [0.15, 0.2) is 29.2 Å². The van der Waals surface area contributed by atoms with E-state index in [0.29, 0.717) is 12.3 Å². The number of amides is 1. The van der Waals surface area contributed by atoms with Gasteiger partial charge in [0.15, 0.2) is 0 Å². The highest BCUT2D eigenvalue weighted by Crippen LogP contribution is 2.35. The molecular weight excluding hydrogens is 246 g/mol. The Morgan fingerprint density at radius 2 is 2.22 bits per heavy atom. The number of hydrogen-bond acceptors (Lipinski definition) is 3. The van der Waals surface area contributed by atoms with Crippen molar-refractivity contribution < 1.29 is 9.53 Å². The van der Waals surface area contributed by atoms with Crippen LogP contribution in [-0.4, -0.2) is 30.9 Å². The number of carbonyl (C=O) groups excluding carboxylic acids is 1. The van der Waals surface area contributed by atoms with E-state index >= 15 is 0 Å². The summed E-state index contributed by atoms with van der Waals surface area (Å²) in [4.78, 5) is 15.2. The summed E-state index contributed by atoms with van der Waals surface area (Å²) in [6.45, 7) is 1.54. The van der Waals surface area contributed by atoms with Crippen molar-refractivity contribution in [2.24, 2.45) is 0 Å². The zero-order valence-electron chi connectivity index (χ0n) is 10.3. The predicted octanol–water partition coefficient (Wildman–Crippen LogP) is 2.69. The highest BCUT2D eigenvalue weighted by molar-refractivity contribution is 8.00. The summed E-state index contributed by atoms with van der Waals surface area (Å²) in [5.74, 6) is 0.747. The second-order valence-corrected chi connectivity index (χ2v) is 5.77. The van der Waals surface area contributed by atoms with Crippen LogP contribution in [0.1, 0.15) is 19.3 Å². The summed E-state index contributed by atoms with van der Waals surface area (Å²) >= 11 is 1.63. The Hall–Kier alpha value is -1.00. The van der Waals surface area contributed by atoms with Crippen molar-refractivity contribution in [1.29, 1.82) is 0 Å². The minimum Gasteiger partial charge on any atom is -0.376 e. The monoisotopic (exact) mass is 263 g/mol. The van der Waals surface area contributed by atoms with Crippen LogP contribution in [0, 0.1) is 0 Å². The molecule has 1 aromatic rings. The van der Waals surface area contributed by atoms with Gasteiger partial charge in [0.05, 0.1) is 24.1 Å². The van der Waals surface area contributed by atoms with Crippen molar-refractivity contribution in [2.75, 3.05) is 23.8 Å². The Morgan fingerprint density at radius 3 is 3.06 bits per heavy atom. The minimum absolute atomic E-state index is 0.202. The maximum absolute atomic E-state index is 12.1. The summed E-state index contributed by atoms with van der Waals surface area (Å²) in [5, 5.41) is 0. The Bertz CT molecular complexity index is 443. The molecule has 3 rings (SSSR count). The molecule has 0 N–H and O–H groups in total. The molecule has 3 nitrogen and oxygen atoms in total. The van der Waals surface area contributed by atoms with E-state index in [1.54, 1.807) is 11.8 Å². The normalized spacial score (nSPS) is 23.9. The number of carbonyl (C=O) groups is 1. The molecule has 0 spiro atoms. The predicted molar refractivity (Wildman–Crippen MR) is 73.1 cm³/mol. The molecule has 2 aliphatic heterocycles. The first kappa shape index (κ1) is 12.1. The zero-order chi connectivity index (χ0) is 12.4. The Labute approximate surface area is 111 Å². The molecule has 0 aromatic heterocycles. The first-order chi connectivity index (χ1) is 8.84. The summed E-state index contributed by atoms with van der Waals surface area (Å²) in [6, 6.07) is 8.13. The fraction of sp³-hybridized carbons (Fsp3) is 0.500. The van der Waals surface area contributed by atoms with Crippen LogP contribution in [0.25, 0.3) is 0 Å². The molecule has 4 heteroatoms. The second kappa shape index (κ2) is 5.33. The van der Waals surface area contributed by atoms with Crippen LogP contribution < -0.4 is 4.90 Å². The molecule has 2 aliphatic rings. The smallest absolute Gasteiger partial charge is 0.237 e. The van der Waals surface area contributed by atoms with E-state index in [4.69, 9.17) is 4.74 Å². The van der Waals surface area contributed by atoms with Gasteiger partial charge in [0.1, 0.15) is 0 Å². The molecule has 1 amide bonds. The number of nitrogens with zero attached hydrogens (tertiary/aromatic N) is 1. The van der Waals surface area contributed by atoms with Gasteiger partial charge in [0, 0.05) is 11.5 Å². The van der Waals surface area contributed by atoms with Crippen LogP contribution in [0.4, 0.5) is 5.69 Å². The summed E-state index contributed by atoms with van der Waals surface area (Å²) in [7, 11) is 0. The van der Waals surface area contributed by atoms with Crippen molar-refractivity contribution in [3.8, 4) is 0 Å². The summed E-state index contributed by atoms with van der Waals surface area (Å²) < 4.78 is 5.74. The first-order valence-corrected chi connectivity index (χ1v) is 7.47. The van der Waals surface area contributed by atoms with Gasteiger partial charge in [-0.2, -0.15) is 0 Å². The highest BCUT2D eigenvalue weighted by Gasteiger charge is 2.27. The van der Waals surface area contributed by atoms with Crippen LogP contribution >= 0.6 is 11.8 Å². The molecule has 0 aliphatic carbocycles. The average molecular weight is 263 g/mol. The Balaban J connectivity index is 1.79. The quantitative estimate of drug-likeness (QED) is 0.821. The molecule has 0 saturated carbocycles. The summed E-state index contributed by atoms with van der Waals surface area (Å²) in [6.07, 6.45) is 3.64. The second-order valence-electron chi connectivity index (χ2n) is 4.75. The van der Waals surface area contributed by atoms with Gasteiger partial charge in [0.2, 0.25) is 5.91 Å². The van der Waals surface area contributed by atoms with E-state index < -0.39 is 0 Å². The molecule has 2 heterocycles. The molecule has 0 bridgehead atoms. The van der Waals surface area contributed by atoms with Crippen molar-refractivity contribution in [3.63, 3.8) is 0 Å². The van der Waals surface area contributed by atoms with Gasteiger partial charge >= 0.3 is 0 Å². The van der Waals surface area contributed by atoms with E-state index in [2.05, 4.69) is 6.07 Å².